The first-order valence-electron chi connectivity index (χ1n) is 9.36. The molecule has 1 saturated carbocycles. The zero-order valence-corrected chi connectivity index (χ0v) is 15.4. The SMILES string of the molecule is Cc1ccc(Cn2c(=O)n(C3CCCC3)c(=O)c3ccccc32)c(C)c1. The summed E-state index contributed by atoms with van der Waals surface area (Å²) in [6, 6.07) is 13.8. The van der Waals surface area contributed by atoms with Crippen LogP contribution in [-0.4, -0.2) is 9.13 Å². The number of nitrogens with zero attached hydrogens (tertiary/aromatic N) is 2. The van der Waals surface area contributed by atoms with Crippen LogP contribution in [0.5, 0.6) is 0 Å². The average Bonchev–Trinajstić information content (AvgIpc) is 3.14. The second-order valence-corrected chi connectivity index (χ2v) is 7.43. The molecule has 0 aliphatic heterocycles. The van der Waals surface area contributed by atoms with Gasteiger partial charge in [0.1, 0.15) is 0 Å². The van der Waals surface area contributed by atoms with E-state index in [1.54, 1.807) is 4.57 Å². The molecular weight excluding hydrogens is 324 g/mol. The van der Waals surface area contributed by atoms with E-state index in [0.29, 0.717) is 11.9 Å². The Kier molecular flexibility index (Phi) is 4.27. The van der Waals surface area contributed by atoms with Crippen molar-refractivity contribution in [3.63, 3.8) is 0 Å². The summed E-state index contributed by atoms with van der Waals surface area (Å²) in [6.45, 7) is 4.62. The Morgan fingerprint density at radius 2 is 1.73 bits per heavy atom. The van der Waals surface area contributed by atoms with Crippen LogP contribution >= 0.6 is 0 Å². The fourth-order valence-electron chi connectivity index (χ4n) is 4.17. The van der Waals surface area contributed by atoms with Crippen molar-refractivity contribution in [1.82, 2.24) is 9.13 Å². The van der Waals surface area contributed by atoms with Crippen molar-refractivity contribution in [2.45, 2.75) is 52.1 Å². The lowest BCUT2D eigenvalue weighted by Gasteiger charge is -2.18. The highest BCUT2D eigenvalue weighted by Gasteiger charge is 2.23. The van der Waals surface area contributed by atoms with Crippen molar-refractivity contribution < 1.29 is 0 Å². The fraction of sp³-hybridized carbons (Fsp3) is 0.364. The van der Waals surface area contributed by atoms with Gasteiger partial charge in [-0.25, -0.2) is 4.79 Å². The van der Waals surface area contributed by atoms with E-state index in [-0.39, 0.29) is 17.3 Å². The molecule has 0 saturated heterocycles. The monoisotopic (exact) mass is 348 g/mol. The predicted molar refractivity (Wildman–Crippen MR) is 105 cm³/mol. The van der Waals surface area contributed by atoms with E-state index < -0.39 is 0 Å². The highest BCUT2D eigenvalue weighted by atomic mass is 16.2. The van der Waals surface area contributed by atoms with Gasteiger partial charge < -0.3 is 0 Å². The third kappa shape index (κ3) is 2.79. The summed E-state index contributed by atoms with van der Waals surface area (Å²) in [4.78, 5) is 26.3. The first-order chi connectivity index (χ1) is 12.6. The van der Waals surface area contributed by atoms with Gasteiger partial charge in [0.25, 0.3) is 5.56 Å². The Morgan fingerprint density at radius 1 is 1.00 bits per heavy atom. The maximum Gasteiger partial charge on any atom is 0.332 e. The van der Waals surface area contributed by atoms with Crippen molar-refractivity contribution in [3.8, 4) is 0 Å². The molecule has 1 heterocycles. The Morgan fingerprint density at radius 3 is 2.46 bits per heavy atom. The molecule has 134 valence electrons. The molecule has 0 amide bonds. The second-order valence-electron chi connectivity index (χ2n) is 7.43. The van der Waals surface area contributed by atoms with Gasteiger partial charge in [0.2, 0.25) is 0 Å². The normalized spacial score (nSPS) is 15.0. The number of para-hydroxylation sites is 1. The molecule has 1 aromatic heterocycles. The maximum absolute atomic E-state index is 13.3. The molecule has 4 nitrogen and oxygen atoms in total. The lowest BCUT2D eigenvalue weighted by atomic mass is 10.1. The van der Waals surface area contributed by atoms with Crippen molar-refractivity contribution in [1.29, 1.82) is 0 Å². The van der Waals surface area contributed by atoms with Gasteiger partial charge in [-0.3, -0.25) is 13.9 Å². The summed E-state index contributed by atoms with van der Waals surface area (Å²) in [6.07, 6.45) is 4.00. The second kappa shape index (κ2) is 6.60. The summed E-state index contributed by atoms with van der Waals surface area (Å²) >= 11 is 0. The minimum absolute atomic E-state index is 0.0324. The van der Waals surface area contributed by atoms with Gasteiger partial charge in [0.05, 0.1) is 17.4 Å². The highest BCUT2D eigenvalue weighted by Crippen LogP contribution is 2.27. The van der Waals surface area contributed by atoms with Crippen LogP contribution < -0.4 is 11.2 Å². The molecule has 4 heteroatoms. The number of benzene rings is 2. The van der Waals surface area contributed by atoms with Crippen LogP contribution in [0, 0.1) is 13.8 Å². The molecule has 4 rings (SSSR count). The Balaban J connectivity index is 1.95. The molecule has 0 spiro atoms. The largest absolute Gasteiger partial charge is 0.332 e. The number of aromatic nitrogens is 2. The van der Waals surface area contributed by atoms with E-state index in [0.717, 1.165) is 36.8 Å². The Bertz CT molecular complexity index is 1090. The summed E-state index contributed by atoms with van der Waals surface area (Å²) < 4.78 is 3.28. The standard InChI is InChI=1S/C22H24N2O2/c1-15-11-12-17(16(2)13-15)14-23-20-10-6-5-9-19(20)21(25)24(22(23)26)18-7-3-4-8-18/h5-6,9-13,18H,3-4,7-8,14H2,1-2H3. The van der Waals surface area contributed by atoms with Crippen molar-refractivity contribution in [2.24, 2.45) is 0 Å². The van der Waals surface area contributed by atoms with E-state index in [1.165, 1.54) is 15.7 Å². The van der Waals surface area contributed by atoms with Crippen LogP contribution in [0.4, 0.5) is 0 Å². The van der Waals surface area contributed by atoms with Crippen LogP contribution in [0.2, 0.25) is 0 Å². The number of fused-ring (bicyclic) bond motifs is 1. The van der Waals surface area contributed by atoms with E-state index in [2.05, 4.69) is 32.0 Å². The van der Waals surface area contributed by atoms with Crippen LogP contribution in [0.3, 0.4) is 0 Å². The van der Waals surface area contributed by atoms with Crippen molar-refractivity contribution in [2.75, 3.05) is 0 Å². The molecule has 0 unspecified atom stereocenters. The zero-order valence-electron chi connectivity index (χ0n) is 15.4. The molecule has 0 N–H and O–H groups in total. The average molecular weight is 348 g/mol. The zero-order chi connectivity index (χ0) is 18.3. The minimum atomic E-state index is -0.180. The molecule has 0 bridgehead atoms. The molecular formula is C22H24N2O2. The molecule has 1 aliphatic rings. The highest BCUT2D eigenvalue weighted by molar-refractivity contribution is 5.78. The lowest BCUT2D eigenvalue weighted by molar-refractivity contribution is 0.466. The molecule has 1 aliphatic carbocycles. The van der Waals surface area contributed by atoms with Gasteiger partial charge >= 0.3 is 5.69 Å². The van der Waals surface area contributed by atoms with E-state index in [9.17, 15) is 9.59 Å². The van der Waals surface area contributed by atoms with Crippen molar-refractivity contribution in [3.05, 3.63) is 80.0 Å². The molecule has 0 atom stereocenters. The first kappa shape index (κ1) is 16.8. The number of rotatable bonds is 3. The summed E-state index contributed by atoms with van der Waals surface area (Å²) in [5.74, 6) is 0. The smallest absolute Gasteiger partial charge is 0.289 e. The molecule has 3 aromatic rings. The van der Waals surface area contributed by atoms with Gasteiger partial charge in [-0.15, -0.1) is 0 Å². The number of hydrogen-bond acceptors (Lipinski definition) is 2. The van der Waals surface area contributed by atoms with E-state index in [4.69, 9.17) is 0 Å². The molecule has 26 heavy (non-hydrogen) atoms. The van der Waals surface area contributed by atoms with E-state index in [1.807, 2.05) is 24.3 Å². The van der Waals surface area contributed by atoms with Gasteiger partial charge in [-0.1, -0.05) is 48.7 Å². The minimum Gasteiger partial charge on any atom is -0.289 e. The summed E-state index contributed by atoms with van der Waals surface area (Å²) in [5, 5.41) is 0.628. The predicted octanol–water partition coefficient (Wildman–Crippen LogP) is 3.94. The van der Waals surface area contributed by atoms with Gasteiger partial charge in [0.15, 0.2) is 0 Å². The number of aryl methyl sites for hydroxylation is 2. The topological polar surface area (TPSA) is 44.0 Å². The Labute approximate surface area is 152 Å². The molecule has 0 radical (unpaired) electrons. The van der Waals surface area contributed by atoms with Crippen molar-refractivity contribution >= 4 is 10.9 Å². The third-order valence-electron chi connectivity index (χ3n) is 5.60. The van der Waals surface area contributed by atoms with Crippen LogP contribution in [0.15, 0.2) is 52.1 Å². The number of hydrogen-bond donors (Lipinski definition) is 0. The summed E-state index contributed by atoms with van der Waals surface area (Å²) in [7, 11) is 0. The lowest BCUT2D eigenvalue weighted by Crippen LogP contribution is -2.42. The third-order valence-corrected chi connectivity index (χ3v) is 5.60. The fourth-order valence-corrected chi connectivity index (χ4v) is 4.17. The quantitative estimate of drug-likeness (QED) is 0.719. The van der Waals surface area contributed by atoms with Crippen LogP contribution in [0.25, 0.3) is 10.9 Å². The molecule has 2 aromatic carbocycles. The Hall–Kier alpha value is -2.62. The van der Waals surface area contributed by atoms with Gasteiger partial charge in [-0.2, -0.15) is 0 Å². The van der Waals surface area contributed by atoms with Gasteiger partial charge in [-0.05, 0) is 49.9 Å². The van der Waals surface area contributed by atoms with Gasteiger partial charge in [0, 0.05) is 6.04 Å². The summed E-state index contributed by atoms with van der Waals surface area (Å²) in [5.41, 5.74) is 3.88. The maximum atomic E-state index is 13.3. The van der Waals surface area contributed by atoms with E-state index >= 15 is 0 Å². The molecule has 1 fully saturated rings. The van der Waals surface area contributed by atoms with Crippen LogP contribution in [0.1, 0.15) is 48.4 Å². The first-order valence-corrected chi connectivity index (χ1v) is 9.36. The van der Waals surface area contributed by atoms with Crippen LogP contribution in [-0.2, 0) is 6.54 Å².